The Balaban J connectivity index is 1.52. The van der Waals surface area contributed by atoms with Crippen molar-refractivity contribution in [1.82, 2.24) is 30.8 Å². The van der Waals surface area contributed by atoms with E-state index in [0.29, 0.717) is 11.3 Å². The van der Waals surface area contributed by atoms with Crippen molar-refractivity contribution in [3.8, 4) is 0 Å². The Morgan fingerprint density at radius 2 is 1.32 bits per heavy atom. The van der Waals surface area contributed by atoms with Gasteiger partial charge < -0.3 is 35.8 Å². The zero-order valence-electron chi connectivity index (χ0n) is 28.6. The van der Waals surface area contributed by atoms with E-state index < -0.39 is 48.4 Å². The molecule has 4 aromatic rings. The molecular formula is C38H46N6O6. The van der Waals surface area contributed by atoms with Crippen LogP contribution in [-0.2, 0) is 35.5 Å². The van der Waals surface area contributed by atoms with Gasteiger partial charge in [0.25, 0.3) is 0 Å². The number of aromatic nitrogens is 2. The van der Waals surface area contributed by atoms with Gasteiger partial charge in [-0.3, -0.25) is 14.8 Å². The number of aliphatic hydroxyl groups excluding tert-OH is 2. The highest BCUT2D eigenvalue weighted by molar-refractivity contribution is 5.87. The van der Waals surface area contributed by atoms with E-state index in [-0.39, 0.29) is 31.9 Å². The van der Waals surface area contributed by atoms with Crippen LogP contribution in [0.3, 0.4) is 0 Å². The second kappa shape index (κ2) is 19.0. The SMILES string of the molecule is CC(C)[C@H](NC(=O)N(C)Cc1ccccn1)C(=O)N[C@@H](Cc1ccccc1)[C@H](O)[C@@H](O)[C@H](Cc1ccccc1)NC(=O)OCc1cccnc1. The lowest BCUT2D eigenvalue weighted by molar-refractivity contribution is -0.126. The molecule has 0 fully saturated rings. The molecule has 5 N–H and O–H groups in total. The second-order valence-corrected chi connectivity index (χ2v) is 12.5. The number of carbonyl (C=O) groups is 3. The fourth-order valence-electron chi connectivity index (χ4n) is 5.41. The van der Waals surface area contributed by atoms with Gasteiger partial charge in [0.2, 0.25) is 5.91 Å². The van der Waals surface area contributed by atoms with Gasteiger partial charge in [-0.25, -0.2) is 9.59 Å². The average molecular weight is 683 g/mol. The lowest BCUT2D eigenvalue weighted by Gasteiger charge is -2.34. The van der Waals surface area contributed by atoms with E-state index in [0.717, 1.165) is 11.1 Å². The van der Waals surface area contributed by atoms with Crippen LogP contribution in [-0.4, -0.2) is 80.5 Å². The van der Waals surface area contributed by atoms with Gasteiger partial charge in [-0.1, -0.05) is 86.6 Å². The molecule has 0 radical (unpaired) electrons. The zero-order chi connectivity index (χ0) is 35.9. The van der Waals surface area contributed by atoms with Crippen LogP contribution in [0.25, 0.3) is 0 Å². The van der Waals surface area contributed by atoms with Gasteiger partial charge in [0.1, 0.15) is 24.9 Å². The van der Waals surface area contributed by atoms with Crippen molar-refractivity contribution in [2.45, 2.75) is 70.2 Å². The summed E-state index contributed by atoms with van der Waals surface area (Å²) in [5.41, 5.74) is 2.98. The number of benzene rings is 2. The molecule has 4 amide bonds. The van der Waals surface area contributed by atoms with Gasteiger partial charge in [0.05, 0.1) is 24.3 Å². The highest BCUT2D eigenvalue weighted by Crippen LogP contribution is 2.16. The molecule has 2 heterocycles. The maximum atomic E-state index is 13.8. The standard InChI is InChI=1S/C38H46N6O6/c1-26(2)33(43-37(48)44(3)24-30-18-10-11-20-40-30)36(47)41-31(21-27-13-6-4-7-14-27)34(45)35(46)32(22-28-15-8-5-9-16-28)42-38(49)50-25-29-17-12-19-39-23-29/h4-20,23,26,31-35,45-46H,21-22,24-25H2,1-3H3,(H,41,47)(H,42,49)(H,43,48)/t31-,32-,33-,34-,35-/m0/s1. The quantitative estimate of drug-likeness (QED) is 0.120. The molecule has 0 aliphatic carbocycles. The van der Waals surface area contributed by atoms with Crippen molar-refractivity contribution in [2.75, 3.05) is 7.05 Å². The molecule has 0 spiro atoms. The number of amides is 4. The van der Waals surface area contributed by atoms with Crippen molar-refractivity contribution < 1.29 is 29.3 Å². The summed E-state index contributed by atoms with van der Waals surface area (Å²) in [4.78, 5) is 49.7. The molecule has 264 valence electrons. The number of rotatable bonds is 16. The highest BCUT2D eigenvalue weighted by Gasteiger charge is 2.36. The van der Waals surface area contributed by atoms with Crippen molar-refractivity contribution in [1.29, 1.82) is 0 Å². The number of ether oxygens (including phenoxy) is 1. The van der Waals surface area contributed by atoms with Gasteiger partial charge >= 0.3 is 12.1 Å². The third-order valence-electron chi connectivity index (χ3n) is 8.20. The van der Waals surface area contributed by atoms with E-state index in [9.17, 15) is 24.6 Å². The lowest BCUT2D eigenvalue weighted by Crippen LogP contribution is -2.60. The molecule has 0 saturated carbocycles. The van der Waals surface area contributed by atoms with E-state index in [2.05, 4.69) is 25.9 Å². The van der Waals surface area contributed by atoms with Gasteiger partial charge in [-0.05, 0) is 48.1 Å². The monoisotopic (exact) mass is 682 g/mol. The number of nitrogens with zero attached hydrogens (tertiary/aromatic N) is 3. The highest BCUT2D eigenvalue weighted by atomic mass is 16.5. The van der Waals surface area contributed by atoms with Crippen LogP contribution in [0.5, 0.6) is 0 Å². The molecule has 0 bridgehead atoms. The van der Waals surface area contributed by atoms with Gasteiger partial charge in [0.15, 0.2) is 0 Å². The number of carbonyl (C=O) groups excluding carboxylic acids is 3. The van der Waals surface area contributed by atoms with Crippen molar-refractivity contribution >= 4 is 18.0 Å². The van der Waals surface area contributed by atoms with Crippen molar-refractivity contribution in [3.63, 3.8) is 0 Å². The lowest BCUT2D eigenvalue weighted by atomic mass is 9.90. The second-order valence-electron chi connectivity index (χ2n) is 12.5. The topological polar surface area (TPSA) is 166 Å². The Hall–Kier alpha value is -5.33. The first-order valence-corrected chi connectivity index (χ1v) is 16.6. The van der Waals surface area contributed by atoms with E-state index in [1.165, 1.54) is 4.90 Å². The number of pyridine rings is 2. The summed E-state index contributed by atoms with van der Waals surface area (Å²) in [6, 6.07) is 23.9. The fourth-order valence-corrected chi connectivity index (χ4v) is 5.41. The fraction of sp³-hybridized carbons (Fsp3) is 0.342. The van der Waals surface area contributed by atoms with Crippen molar-refractivity contribution in [3.05, 3.63) is 132 Å². The molecular weight excluding hydrogens is 636 g/mol. The number of nitrogens with one attached hydrogen (secondary N) is 3. The van der Waals surface area contributed by atoms with Crippen LogP contribution in [0.2, 0.25) is 0 Å². The van der Waals surface area contributed by atoms with Crippen LogP contribution in [0.4, 0.5) is 9.59 Å². The number of urea groups is 1. The van der Waals surface area contributed by atoms with Gasteiger partial charge in [-0.15, -0.1) is 0 Å². The largest absolute Gasteiger partial charge is 0.445 e. The third kappa shape index (κ3) is 11.7. The summed E-state index contributed by atoms with van der Waals surface area (Å²) in [5, 5.41) is 31.8. The zero-order valence-corrected chi connectivity index (χ0v) is 28.6. The van der Waals surface area contributed by atoms with Gasteiger partial charge in [-0.2, -0.15) is 0 Å². The molecule has 5 atom stereocenters. The number of hydrogen-bond acceptors (Lipinski definition) is 8. The Morgan fingerprint density at radius 1 is 0.740 bits per heavy atom. The molecule has 2 aromatic heterocycles. The van der Waals surface area contributed by atoms with Crippen LogP contribution < -0.4 is 16.0 Å². The molecule has 0 aliphatic heterocycles. The molecule has 0 unspecified atom stereocenters. The summed E-state index contributed by atoms with van der Waals surface area (Å²) in [7, 11) is 1.61. The normalized spacial score (nSPS) is 14.0. The molecule has 12 heteroatoms. The Kier molecular flexibility index (Phi) is 14.3. The summed E-state index contributed by atoms with van der Waals surface area (Å²) in [5.74, 6) is -0.848. The molecule has 2 aromatic carbocycles. The minimum Gasteiger partial charge on any atom is -0.445 e. The number of hydrogen-bond donors (Lipinski definition) is 5. The van der Waals surface area contributed by atoms with Gasteiger partial charge in [0, 0.05) is 31.2 Å². The van der Waals surface area contributed by atoms with Crippen LogP contribution >= 0.6 is 0 Å². The molecule has 50 heavy (non-hydrogen) atoms. The first-order valence-electron chi connectivity index (χ1n) is 16.6. The van der Waals surface area contributed by atoms with Crippen LogP contribution in [0.15, 0.2) is 110 Å². The summed E-state index contributed by atoms with van der Waals surface area (Å²) in [6.07, 6.45) is 1.29. The summed E-state index contributed by atoms with van der Waals surface area (Å²) in [6.45, 7) is 3.80. The minimum absolute atomic E-state index is 0.0393. The van der Waals surface area contributed by atoms with Crippen LogP contribution in [0.1, 0.15) is 36.2 Å². The smallest absolute Gasteiger partial charge is 0.407 e. The van der Waals surface area contributed by atoms with Crippen LogP contribution in [0, 0.1) is 5.92 Å². The summed E-state index contributed by atoms with van der Waals surface area (Å²) >= 11 is 0. The first kappa shape index (κ1) is 37.5. The first-order chi connectivity index (χ1) is 24.1. The van der Waals surface area contributed by atoms with E-state index >= 15 is 0 Å². The Morgan fingerprint density at radius 3 is 1.86 bits per heavy atom. The van der Waals surface area contributed by atoms with E-state index in [4.69, 9.17) is 4.74 Å². The summed E-state index contributed by atoms with van der Waals surface area (Å²) < 4.78 is 5.40. The maximum absolute atomic E-state index is 13.8. The molecule has 0 aliphatic rings. The number of aliphatic hydroxyl groups is 2. The molecule has 12 nitrogen and oxygen atoms in total. The molecule has 4 rings (SSSR count). The Bertz CT molecular complexity index is 1610. The minimum atomic E-state index is -1.54. The average Bonchev–Trinajstić information content (AvgIpc) is 3.13. The maximum Gasteiger partial charge on any atom is 0.407 e. The Labute approximate surface area is 292 Å². The van der Waals surface area contributed by atoms with E-state index in [1.54, 1.807) is 63.8 Å². The predicted octanol–water partition coefficient (Wildman–Crippen LogP) is 3.63. The molecule has 0 saturated heterocycles. The predicted molar refractivity (Wildman–Crippen MR) is 188 cm³/mol. The van der Waals surface area contributed by atoms with E-state index in [1.807, 2.05) is 66.7 Å². The van der Waals surface area contributed by atoms with Crippen molar-refractivity contribution in [2.24, 2.45) is 5.92 Å². The number of alkyl carbamates (subject to hydrolysis) is 1. The third-order valence-corrected chi connectivity index (χ3v) is 8.20.